The van der Waals surface area contributed by atoms with E-state index in [1.54, 1.807) is 113 Å². The van der Waals surface area contributed by atoms with Crippen molar-refractivity contribution in [1.82, 2.24) is 19.9 Å². The van der Waals surface area contributed by atoms with E-state index in [4.69, 9.17) is 99.5 Å². The highest BCUT2D eigenvalue weighted by Crippen LogP contribution is 2.53. The Morgan fingerprint density at radius 1 is 0.651 bits per heavy atom. The maximum atomic E-state index is 12.3. The van der Waals surface area contributed by atoms with Crippen LogP contribution in [0.2, 0.25) is 19.6 Å². The van der Waals surface area contributed by atoms with Gasteiger partial charge in [0, 0.05) is 44.3 Å². The average molecular weight is 1770 g/mol. The first-order valence-corrected chi connectivity index (χ1v) is 46.8. The molecule has 0 bridgehead atoms. The Morgan fingerprint density at radius 2 is 1.03 bits per heavy atom. The van der Waals surface area contributed by atoms with Gasteiger partial charge in [-0.05, 0) is 162 Å². The van der Waals surface area contributed by atoms with Crippen LogP contribution in [-0.2, 0) is 45.9 Å². The molecule has 41 heteroatoms. The highest BCUT2D eigenvalue weighted by Gasteiger charge is 2.28. The second kappa shape index (κ2) is 47.8. The molecular weight excluding hydrogens is 1690 g/mol. The van der Waals surface area contributed by atoms with Crippen molar-refractivity contribution in [3.05, 3.63) is 174 Å². The van der Waals surface area contributed by atoms with Crippen molar-refractivity contribution in [2.45, 2.75) is 66.3 Å². The summed E-state index contributed by atoms with van der Waals surface area (Å²) in [5.74, 6) is -0.819. The van der Waals surface area contributed by atoms with Gasteiger partial charge in [-0.3, -0.25) is 42.2 Å². The molecule has 9 aromatic rings. The van der Waals surface area contributed by atoms with Crippen LogP contribution in [0.1, 0.15) is 56.0 Å². The summed E-state index contributed by atoms with van der Waals surface area (Å²) in [5.41, 5.74) is 14.5. The minimum atomic E-state index is -4.86. The number of hydrogen-bond acceptors (Lipinski definition) is 26. The molecule has 0 fully saturated rings. The highest BCUT2D eigenvalue weighted by molar-refractivity contribution is 14.1. The van der Waals surface area contributed by atoms with Crippen molar-refractivity contribution in [2.24, 2.45) is 10.7 Å². The first-order valence-electron chi connectivity index (χ1n) is 30.6. The van der Waals surface area contributed by atoms with Crippen molar-refractivity contribution in [2.75, 3.05) is 43.3 Å². The Hall–Kier alpha value is -6.94. The third kappa shape index (κ3) is 39.2. The monoisotopic (exact) mass is 1760 g/mol. The number of alkyl halides is 2. The Balaban J connectivity index is 0.000000427. The van der Waals surface area contributed by atoms with E-state index in [9.17, 15) is 32.7 Å². The number of nitrogens with zero attached hydrogens (tertiary/aromatic N) is 8. The molecule has 106 heavy (non-hydrogen) atoms. The number of carbonyl (C=O) groups is 2. The molecule has 5 heterocycles. The Labute approximate surface area is 649 Å². The molecule has 0 saturated heterocycles. The molecule has 4 aromatic heterocycles. The lowest BCUT2D eigenvalue weighted by molar-refractivity contribution is -0.254. The SMILES string of the molecule is CCOP(=O)(Cl)OCC.CCOP(=O)(OCC)Oc1ccc2nc(C#N)ccc2c1.C[Si](C)(C)I.Cc1ccc([NH3+])cc1.ClCCl.N#Cc1ccc2cc(O)ccc2n1.N#Cc1ccc2cc(OP(=O)(O)O)ccc2n1.NC(CS)C(=O)O.O=C(O)[C@H]1CSC(c2ccc3cc(OP(=O)([O-])O)ccc3n2)=N1. The van der Waals surface area contributed by atoms with E-state index in [-0.39, 0.29) is 47.2 Å². The van der Waals surface area contributed by atoms with Gasteiger partial charge in [-0.1, -0.05) is 43.4 Å². The molecule has 30 nitrogen and oxygen atoms in total. The third-order valence-electron chi connectivity index (χ3n) is 11.6. The number of aromatic hydroxyl groups is 1. The number of aromatic nitrogens is 4. The summed E-state index contributed by atoms with van der Waals surface area (Å²) in [4.78, 5) is 78.1. The molecule has 0 radical (unpaired) electrons. The zero-order chi connectivity index (χ0) is 80.0. The van der Waals surface area contributed by atoms with Crippen molar-refractivity contribution in [1.29, 1.82) is 15.8 Å². The first kappa shape index (κ1) is 95.1. The van der Waals surface area contributed by atoms with Gasteiger partial charge in [-0.15, -0.1) is 56.8 Å². The molecule has 10 rings (SSSR count). The number of nitrogens with two attached hydrogens (primary N) is 1. The van der Waals surface area contributed by atoms with Crippen LogP contribution >= 0.6 is 111 Å². The predicted octanol–water partition coefficient (Wildman–Crippen LogP) is 14.4. The molecule has 5 aromatic carbocycles. The smallest absolute Gasteiger partial charge is 0.530 e. The molecule has 11 N–H and O–H groups in total. The molecule has 0 amide bonds. The maximum Gasteiger partial charge on any atom is 0.530 e. The summed E-state index contributed by atoms with van der Waals surface area (Å²) >= 11 is 22.3. The number of nitriles is 3. The quantitative estimate of drug-likeness (QED) is 0.00962. The molecule has 1 aliphatic heterocycles. The number of phosphoric acid groups is 3. The number of carboxylic acid groups (broad SMARTS) is 2. The summed E-state index contributed by atoms with van der Waals surface area (Å²) in [7, 11) is -13.0. The minimum absolute atomic E-state index is 0.0218. The van der Waals surface area contributed by atoms with Crippen LogP contribution in [-0.4, -0.2) is 128 Å². The first-order chi connectivity index (χ1) is 49.7. The second-order valence-electron chi connectivity index (χ2n) is 21.2. The standard InChI is InChI=1S/C14H15N2O4P.C13H11N2O6PS.C10H7N2O4P.C10H6N2O.C7H9N.C4H10ClO3P.C3H9ISi.C3H7NO2S.CH2Cl2/c1-3-18-21(17,19-4-2)20-13-7-8-14-11(9-13)5-6-12(10-15)16-14;16-13(17)11-6-23-12(15-11)10-3-1-7-5-8(21-22(18,19)20)2-4-9(7)14-10;11-6-8-2-1-7-5-9(16-17(13,14)15)3-4-10(7)12-8;11-6-8-2-1-7-5-9(13)3-4-10(7)12-8;1-6-2-4-7(8)5-3-6;1-3-7-9(5,6)8-4-2;1-5(2,3)4;4-2(1-7)3(5)6;2-1-3/h5-9H,3-4H2,1-2H3;1-5,11H,6H2,(H,16,17)(H2,18,19,20);1-5H,(H2,13,14,15);1-5,13H;2-5H,8H2,1H3;3-4H2,1-2H3;1-3H3;2,7H,1,4H2,(H,5,6);1H2/t;11-;;;;;;;/m.1......./s1. The zero-order valence-electron chi connectivity index (χ0n) is 57.9. The molecule has 1 aliphatic rings. The van der Waals surface area contributed by atoms with Crippen molar-refractivity contribution in [3.63, 3.8) is 0 Å². The van der Waals surface area contributed by atoms with Gasteiger partial charge >= 0.3 is 42.4 Å². The number of thioether (sulfide) groups is 1. The number of phosphoric ester groups is 3. The third-order valence-corrected chi connectivity index (χ3v) is 17.2. The summed E-state index contributed by atoms with van der Waals surface area (Å²) in [6.45, 7) is 13.7. The maximum absolute atomic E-state index is 12.3. The molecule has 0 spiro atoms. The second-order valence-corrected chi connectivity index (χ2v) is 43.7. The number of aryl methyl sites for hydroxylation is 1. The van der Waals surface area contributed by atoms with Crippen molar-refractivity contribution >= 4 is 183 Å². The number of aliphatic imine (C=N–C) groups is 1. The highest BCUT2D eigenvalue weighted by atomic mass is 127. The Kier molecular flexibility index (Phi) is 42.9. The van der Waals surface area contributed by atoms with Crippen LogP contribution in [0.3, 0.4) is 0 Å². The largest absolute Gasteiger partial charge is 0.746 e. The number of carboxylic acids is 2. The number of fused-ring (bicyclic) bond motifs is 4. The number of aliphatic carboxylic acids is 2. The van der Waals surface area contributed by atoms with Gasteiger partial charge in [0.25, 0.3) is 0 Å². The van der Waals surface area contributed by atoms with Gasteiger partial charge in [0.1, 0.15) is 80.6 Å². The average Bonchev–Trinajstić information content (AvgIpc) is 1.54. The van der Waals surface area contributed by atoms with Gasteiger partial charge in [0.2, 0.25) is 0 Å². The summed E-state index contributed by atoms with van der Waals surface area (Å²) in [6.07, 6.45) is 0. The van der Waals surface area contributed by atoms with Crippen molar-refractivity contribution < 1.29 is 100 Å². The fourth-order valence-electron chi connectivity index (χ4n) is 7.36. The molecule has 3 atom stereocenters. The van der Waals surface area contributed by atoms with Gasteiger partial charge in [0.05, 0.1) is 59.5 Å². The molecule has 570 valence electrons. The van der Waals surface area contributed by atoms with Gasteiger partial charge in [-0.2, -0.15) is 28.4 Å². The van der Waals surface area contributed by atoms with E-state index in [2.05, 4.69) is 122 Å². The number of pyridine rings is 4. The predicted molar refractivity (Wildman–Crippen MR) is 422 cm³/mol. The molecular formula is C65H76Cl3IN10O20P4S2Si. The minimum Gasteiger partial charge on any atom is -0.746 e. The van der Waals surface area contributed by atoms with E-state index in [0.29, 0.717) is 74.2 Å². The fourth-order valence-corrected chi connectivity index (χ4v) is 11.7. The normalized spacial score (nSPS) is 12.9. The van der Waals surface area contributed by atoms with Crippen LogP contribution in [0, 0.1) is 40.9 Å². The number of phenols is 1. The summed E-state index contributed by atoms with van der Waals surface area (Å²) in [5, 5.41) is 55.8. The molecule has 2 unspecified atom stereocenters. The van der Waals surface area contributed by atoms with Gasteiger partial charge < -0.3 is 50.1 Å². The zero-order valence-corrected chi connectivity index (χ0v) is 68.6. The lowest BCUT2D eigenvalue weighted by atomic mass is 10.2. The lowest BCUT2D eigenvalue weighted by Gasteiger charge is -2.17. The van der Waals surface area contributed by atoms with Crippen LogP contribution < -0.4 is 29.9 Å². The van der Waals surface area contributed by atoms with E-state index < -0.39 is 60.0 Å². The number of thiol groups is 1. The van der Waals surface area contributed by atoms with E-state index in [0.717, 1.165) is 22.0 Å². The number of halogens is 4. The van der Waals surface area contributed by atoms with Crippen LogP contribution in [0.4, 0.5) is 5.69 Å². The number of rotatable bonds is 18. The molecule has 0 aliphatic carbocycles. The van der Waals surface area contributed by atoms with E-state index in [1.807, 2.05) is 30.3 Å². The summed E-state index contributed by atoms with van der Waals surface area (Å²) < 4.78 is 77.9. The van der Waals surface area contributed by atoms with Gasteiger partial charge in [-0.25, -0.2) is 38.4 Å². The number of quaternary nitrogens is 1. The van der Waals surface area contributed by atoms with E-state index >= 15 is 0 Å². The van der Waals surface area contributed by atoms with Crippen LogP contribution in [0.15, 0.2) is 151 Å². The molecule has 0 saturated carbocycles. The van der Waals surface area contributed by atoms with Crippen LogP contribution in [0.25, 0.3) is 43.6 Å². The van der Waals surface area contributed by atoms with E-state index in [1.165, 1.54) is 53.7 Å². The Morgan fingerprint density at radius 3 is 1.37 bits per heavy atom. The van der Waals surface area contributed by atoms with Crippen LogP contribution in [0.5, 0.6) is 23.0 Å². The van der Waals surface area contributed by atoms with Crippen molar-refractivity contribution in [3.8, 4) is 41.2 Å². The topological polar surface area (TPSA) is 500 Å². The fraction of sp³-hybridized carbons (Fsp3) is 0.262. The lowest BCUT2D eigenvalue weighted by Crippen LogP contribution is -2.39. The Bertz CT molecular complexity index is 4690. The number of hydrogen-bond donors (Lipinski definition) is 9. The number of benzene rings is 5. The number of phenolic OH excluding ortho intramolecular Hbond substituents is 1. The van der Waals surface area contributed by atoms with Gasteiger partial charge in [0.15, 0.2) is 6.04 Å². The summed E-state index contributed by atoms with van der Waals surface area (Å²) in [6, 6.07) is 44.2.